The minimum Gasteiger partial charge on any atom is -0.504 e. The van der Waals surface area contributed by atoms with Gasteiger partial charge in [-0.1, -0.05) is 25.5 Å². The van der Waals surface area contributed by atoms with Gasteiger partial charge < -0.3 is 5.11 Å². The van der Waals surface area contributed by atoms with Crippen molar-refractivity contribution in [3.05, 3.63) is 40.1 Å². The number of rotatable bonds is 3. The lowest BCUT2D eigenvalue weighted by Gasteiger charge is -1.94. The van der Waals surface area contributed by atoms with Gasteiger partial charge in [0.2, 0.25) is 5.43 Å². The summed E-state index contributed by atoms with van der Waals surface area (Å²) in [6, 6.07) is 6.49. The fraction of sp³-hybridized carbons (Fsp3) is 0.364. The molecule has 0 radical (unpaired) electrons. The molecule has 0 bridgehead atoms. The first-order valence-electron chi connectivity index (χ1n) is 4.56. The van der Waals surface area contributed by atoms with Crippen LogP contribution in [0.25, 0.3) is 0 Å². The van der Waals surface area contributed by atoms with Crippen molar-refractivity contribution in [1.29, 1.82) is 0 Å². The van der Waals surface area contributed by atoms with Gasteiger partial charge in [-0.15, -0.1) is 0 Å². The van der Waals surface area contributed by atoms with Crippen LogP contribution in [-0.4, -0.2) is 5.11 Å². The Kier molecular flexibility index (Phi) is 3.50. The molecule has 2 nitrogen and oxygen atoms in total. The molecule has 2 heteroatoms. The Bertz CT molecular complexity index is 331. The highest BCUT2D eigenvalue weighted by atomic mass is 16.3. The molecule has 0 spiro atoms. The summed E-state index contributed by atoms with van der Waals surface area (Å²) in [4.78, 5) is 11.0. The van der Waals surface area contributed by atoms with Gasteiger partial charge in [0.15, 0.2) is 5.75 Å². The molecule has 0 amide bonds. The van der Waals surface area contributed by atoms with Crippen molar-refractivity contribution in [3.63, 3.8) is 0 Å². The smallest absolute Gasteiger partial charge is 0.220 e. The van der Waals surface area contributed by atoms with E-state index in [-0.39, 0.29) is 11.2 Å². The molecule has 1 aromatic rings. The molecule has 0 heterocycles. The zero-order valence-corrected chi connectivity index (χ0v) is 7.79. The third-order valence-electron chi connectivity index (χ3n) is 1.95. The Balaban J connectivity index is 2.93. The molecule has 0 aromatic heterocycles. The van der Waals surface area contributed by atoms with Gasteiger partial charge in [-0.2, -0.15) is 0 Å². The molecular formula is C11H14O2. The second-order valence-corrected chi connectivity index (χ2v) is 3.10. The lowest BCUT2D eigenvalue weighted by atomic mass is 10.1. The van der Waals surface area contributed by atoms with Crippen molar-refractivity contribution >= 4 is 0 Å². The standard InChI is InChI=1S/C11H14O2/c1-2-3-5-9-6-4-7-10(12)11(13)8-9/h4,6-8H,2-3,5H2,1H3,(H,12,13). The van der Waals surface area contributed by atoms with Crippen molar-refractivity contribution in [3.8, 4) is 5.75 Å². The summed E-state index contributed by atoms with van der Waals surface area (Å²) in [6.45, 7) is 2.11. The molecule has 0 aliphatic carbocycles. The Morgan fingerprint density at radius 2 is 2.15 bits per heavy atom. The molecule has 0 atom stereocenters. The fourth-order valence-corrected chi connectivity index (χ4v) is 1.18. The lowest BCUT2D eigenvalue weighted by Crippen LogP contribution is -1.91. The average molecular weight is 178 g/mol. The van der Waals surface area contributed by atoms with Gasteiger partial charge >= 0.3 is 0 Å². The van der Waals surface area contributed by atoms with E-state index in [9.17, 15) is 9.90 Å². The molecule has 70 valence electrons. The second-order valence-electron chi connectivity index (χ2n) is 3.10. The topological polar surface area (TPSA) is 37.3 Å². The zero-order valence-electron chi connectivity index (χ0n) is 7.79. The van der Waals surface area contributed by atoms with Crippen LogP contribution in [0.2, 0.25) is 0 Å². The quantitative estimate of drug-likeness (QED) is 0.769. The first kappa shape index (κ1) is 9.78. The third kappa shape index (κ3) is 2.90. The Morgan fingerprint density at radius 3 is 2.85 bits per heavy atom. The summed E-state index contributed by atoms with van der Waals surface area (Å²) in [5, 5.41) is 9.25. The molecule has 0 saturated heterocycles. The maximum Gasteiger partial charge on any atom is 0.220 e. The van der Waals surface area contributed by atoms with E-state index in [1.807, 2.05) is 6.07 Å². The highest BCUT2D eigenvalue weighted by Gasteiger charge is 1.95. The minimum atomic E-state index is -0.317. The van der Waals surface area contributed by atoms with E-state index in [4.69, 9.17) is 0 Å². The largest absolute Gasteiger partial charge is 0.504 e. The van der Waals surface area contributed by atoms with Crippen molar-refractivity contribution in [2.45, 2.75) is 26.2 Å². The van der Waals surface area contributed by atoms with E-state index >= 15 is 0 Å². The average Bonchev–Trinajstić information content (AvgIpc) is 2.26. The summed E-state index contributed by atoms with van der Waals surface area (Å²) < 4.78 is 0. The van der Waals surface area contributed by atoms with Gasteiger partial charge in [0, 0.05) is 0 Å². The van der Waals surface area contributed by atoms with E-state index < -0.39 is 0 Å². The normalized spacial score (nSPS) is 9.92. The minimum absolute atomic E-state index is 0.156. The van der Waals surface area contributed by atoms with Crippen molar-refractivity contribution in [1.82, 2.24) is 0 Å². The molecule has 1 rings (SSSR count). The molecule has 1 N–H and O–H groups in total. The van der Waals surface area contributed by atoms with E-state index in [2.05, 4.69) is 6.92 Å². The molecule has 13 heavy (non-hydrogen) atoms. The number of aryl methyl sites for hydroxylation is 1. The van der Waals surface area contributed by atoms with Crippen molar-refractivity contribution in [2.24, 2.45) is 0 Å². The molecule has 0 saturated carbocycles. The molecule has 0 fully saturated rings. The van der Waals surface area contributed by atoms with Gasteiger partial charge in [0.25, 0.3) is 0 Å². The molecule has 0 unspecified atom stereocenters. The van der Waals surface area contributed by atoms with E-state index in [1.54, 1.807) is 12.1 Å². The van der Waals surface area contributed by atoms with Crippen LogP contribution in [0.5, 0.6) is 5.75 Å². The Labute approximate surface area is 77.9 Å². The first-order valence-corrected chi connectivity index (χ1v) is 4.56. The van der Waals surface area contributed by atoms with Crippen LogP contribution < -0.4 is 5.43 Å². The summed E-state index contributed by atoms with van der Waals surface area (Å²) in [5.41, 5.74) is 0.698. The highest BCUT2D eigenvalue weighted by Crippen LogP contribution is 2.07. The number of hydrogen-bond acceptors (Lipinski definition) is 2. The van der Waals surface area contributed by atoms with E-state index in [0.29, 0.717) is 0 Å². The monoisotopic (exact) mass is 178 g/mol. The molecule has 0 aliphatic heterocycles. The van der Waals surface area contributed by atoms with Gasteiger partial charge in [-0.05, 0) is 30.5 Å². The first-order chi connectivity index (χ1) is 6.24. The number of aromatic hydroxyl groups is 1. The Hall–Kier alpha value is -1.31. The number of unbranched alkanes of at least 4 members (excludes halogenated alkanes) is 1. The fourth-order valence-electron chi connectivity index (χ4n) is 1.18. The van der Waals surface area contributed by atoms with Crippen LogP contribution >= 0.6 is 0 Å². The van der Waals surface area contributed by atoms with Crippen LogP contribution in [0, 0.1) is 0 Å². The number of hydrogen-bond donors (Lipinski definition) is 1. The van der Waals surface area contributed by atoms with E-state index in [0.717, 1.165) is 24.8 Å². The summed E-state index contributed by atoms with van der Waals surface area (Å²) in [7, 11) is 0. The van der Waals surface area contributed by atoms with Gasteiger partial charge in [-0.3, -0.25) is 4.79 Å². The Morgan fingerprint density at radius 1 is 1.38 bits per heavy atom. The lowest BCUT2D eigenvalue weighted by molar-refractivity contribution is 0.470. The summed E-state index contributed by atoms with van der Waals surface area (Å²) in [5.74, 6) is -0.156. The highest BCUT2D eigenvalue weighted by molar-refractivity contribution is 5.25. The predicted molar refractivity (Wildman–Crippen MR) is 53.0 cm³/mol. The zero-order chi connectivity index (χ0) is 9.68. The van der Waals surface area contributed by atoms with Crippen molar-refractivity contribution < 1.29 is 5.11 Å². The SMILES string of the molecule is CCCCc1cccc(=O)c(O)c1. The van der Waals surface area contributed by atoms with Crippen molar-refractivity contribution in [2.75, 3.05) is 0 Å². The van der Waals surface area contributed by atoms with Crippen LogP contribution in [0.3, 0.4) is 0 Å². The third-order valence-corrected chi connectivity index (χ3v) is 1.95. The molecular weight excluding hydrogens is 164 g/mol. The van der Waals surface area contributed by atoms with E-state index in [1.165, 1.54) is 6.07 Å². The maximum atomic E-state index is 11.0. The van der Waals surface area contributed by atoms with Crippen LogP contribution in [0.4, 0.5) is 0 Å². The van der Waals surface area contributed by atoms with Gasteiger partial charge in [-0.25, -0.2) is 0 Å². The summed E-state index contributed by atoms with van der Waals surface area (Å²) in [6.07, 6.45) is 3.11. The molecule has 1 aromatic carbocycles. The molecule has 0 aliphatic rings. The maximum absolute atomic E-state index is 11.0. The van der Waals surface area contributed by atoms with Crippen LogP contribution in [-0.2, 0) is 6.42 Å². The van der Waals surface area contributed by atoms with Gasteiger partial charge in [0.1, 0.15) is 0 Å². The van der Waals surface area contributed by atoms with Gasteiger partial charge in [0.05, 0.1) is 0 Å². The van der Waals surface area contributed by atoms with Crippen LogP contribution in [0.15, 0.2) is 29.1 Å². The van der Waals surface area contributed by atoms with Crippen LogP contribution in [0.1, 0.15) is 25.3 Å². The summed E-state index contributed by atoms with van der Waals surface area (Å²) >= 11 is 0. The second kappa shape index (κ2) is 4.65. The predicted octanol–water partition coefficient (Wildman–Crippen LogP) is 2.09.